The van der Waals surface area contributed by atoms with E-state index in [4.69, 9.17) is 5.11 Å². The van der Waals surface area contributed by atoms with Gasteiger partial charge in [-0.3, -0.25) is 9.59 Å². The smallest absolute Gasteiger partial charge is 0.305 e. The van der Waals surface area contributed by atoms with Gasteiger partial charge >= 0.3 is 5.97 Å². The van der Waals surface area contributed by atoms with Crippen molar-refractivity contribution in [1.82, 2.24) is 5.32 Å². The van der Waals surface area contributed by atoms with Gasteiger partial charge in [0.15, 0.2) is 5.17 Å². The summed E-state index contributed by atoms with van der Waals surface area (Å²) in [6, 6.07) is 6.73. The highest BCUT2D eigenvalue weighted by Crippen LogP contribution is 2.29. The number of hydrogen-bond donors (Lipinski definition) is 2. The van der Waals surface area contributed by atoms with E-state index in [1.807, 2.05) is 6.07 Å². The Morgan fingerprint density at radius 2 is 2.31 bits per heavy atom. The molecule has 3 rings (SSSR count). The van der Waals surface area contributed by atoms with Crippen molar-refractivity contribution in [3.8, 4) is 0 Å². The van der Waals surface area contributed by atoms with Crippen LogP contribution in [-0.2, 0) is 16.0 Å². The maximum Gasteiger partial charge on any atom is 0.305 e. The minimum absolute atomic E-state index is 0.226. The number of aliphatic carboxylic acids is 1. The average Bonchev–Trinajstić information content (AvgIpc) is 2.93. The van der Waals surface area contributed by atoms with Crippen LogP contribution in [-0.4, -0.2) is 46.2 Å². The molecule has 1 unspecified atom stereocenters. The van der Waals surface area contributed by atoms with Crippen LogP contribution in [0.5, 0.6) is 0 Å². The second kappa shape index (κ2) is 7.90. The van der Waals surface area contributed by atoms with Crippen LogP contribution in [0, 0.1) is 0 Å². The number of carbonyl (C=O) groups is 2. The van der Waals surface area contributed by atoms with E-state index in [2.05, 4.69) is 46.4 Å². The lowest BCUT2D eigenvalue weighted by Crippen LogP contribution is -2.35. The van der Waals surface area contributed by atoms with Crippen molar-refractivity contribution >= 4 is 40.7 Å². The van der Waals surface area contributed by atoms with Gasteiger partial charge in [-0.05, 0) is 49.9 Å². The molecule has 2 N–H and O–H groups in total. The van der Waals surface area contributed by atoms with Gasteiger partial charge in [-0.25, -0.2) is 0 Å². The summed E-state index contributed by atoms with van der Waals surface area (Å²) >= 11 is 1.10. The van der Waals surface area contributed by atoms with Crippen molar-refractivity contribution in [2.24, 2.45) is 10.2 Å². The summed E-state index contributed by atoms with van der Waals surface area (Å²) in [7, 11) is 0. The number of nitrogens with zero attached hydrogens (tertiary/aromatic N) is 3. The van der Waals surface area contributed by atoms with E-state index in [-0.39, 0.29) is 12.3 Å². The molecule has 0 saturated carbocycles. The zero-order valence-corrected chi connectivity index (χ0v) is 15.6. The Morgan fingerprint density at radius 3 is 3.04 bits per heavy atom. The van der Waals surface area contributed by atoms with E-state index >= 15 is 0 Å². The molecule has 0 aromatic heterocycles. The van der Waals surface area contributed by atoms with E-state index in [0.717, 1.165) is 36.7 Å². The number of rotatable bonds is 5. The van der Waals surface area contributed by atoms with Crippen LogP contribution in [0.1, 0.15) is 37.8 Å². The number of carbonyl (C=O) groups excluding carboxylic acids is 1. The summed E-state index contributed by atoms with van der Waals surface area (Å²) in [5.74, 6) is -1.35. The molecule has 26 heavy (non-hydrogen) atoms. The number of anilines is 1. The number of nitrogens with one attached hydrogen (secondary N) is 1. The van der Waals surface area contributed by atoms with Gasteiger partial charge in [0.2, 0.25) is 5.91 Å². The molecule has 1 atom stereocenters. The van der Waals surface area contributed by atoms with E-state index in [1.165, 1.54) is 11.3 Å². The van der Waals surface area contributed by atoms with Gasteiger partial charge < -0.3 is 15.3 Å². The van der Waals surface area contributed by atoms with Gasteiger partial charge in [0.1, 0.15) is 5.25 Å². The lowest BCUT2D eigenvalue weighted by molar-refractivity contribution is -0.138. The first kappa shape index (κ1) is 18.4. The van der Waals surface area contributed by atoms with Crippen molar-refractivity contribution in [3.63, 3.8) is 0 Å². The predicted octanol–water partition coefficient (Wildman–Crippen LogP) is 2.24. The third-order valence-electron chi connectivity index (χ3n) is 4.37. The topological polar surface area (TPSA) is 94.4 Å². The number of hydrogen-bond acceptors (Lipinski definition) is 6. The summed E-state index contributed by atoms with van der Waals surface area (Å²) in [4.78, 5) is 24.8. The first-order valence-electron chi connectivity index (χ1n) is 8.64. The average molecular weight is 374 g/mol. The van der Waals surface area contributed by atoms with Crippen molar-refractivity contribution in [2.75, 3.05) is 11.4 Å². The number of carboxylic acid groups (broad SMARTS) is 1. The monoisotopic (exact) mass is 374 g/mol. The molecule has 0 spiro atoms. The fourth-order valence-corrected chi connectivity index (χ4v) is 4.07. The lowest BCUT2D eigenvalue weighted by Gasteiger charge is -2.34. The Bertz CT molecular complexity index is 776. The summed E-state index contributed by atoms with van der Waals surface area (Å²) in [5.41, 5.74) is 3.55. The molecule has 1 aromatic carbocycles. The van der Waals surface area contributed by atoms with Crippen molar-refractivity contribution in [2.45, 2.75) is 44.4 Å². The quantitative estimate of drug-likeness (QED) is 0.609. The molecular formula is C18H22N4O3S. The molecular weight excluding hydrogens is 352 g/mol. The highest BCUT2D eigenvalue weighted by molar-refractivity contribution is 8.15. The van der Waals surface area contributed by atoms with Crippen LogP contribution in [0.25, 0.3) is 0 Å². The number of aryl methyl sites for hydroxylation is 1. The number of fused-ring (bicyclic) bond motifs is 1. The second-order valence-corrected chi connectivity index (χ2v) is 7.81. The molecule has 0 bridgehead atoms. The van der Waals surface area contributed by atoms with Crippen LogP contribution >= 0.6 is 11.8 Å². The van der Waals surface area contributed by atoms with Gasteiger partial charge in [0.25, 0.3) is 0 Å². The van der Waals surface area contributed by atoms with Crippen LogP contribution in [0.15, 0.2) is 28.4 Å². The normalized spacial score (nSPS) is 21.5. The fourth-order valence-electron chi connectivity index (χ4n) is 3.16. The van der Waals surface area contributed by atoms with Gasteiger partial charge in [-0.2, -0.15) is 5.10 Å². The van der Waals surface area contributed by atoms with Crippen molar-refractivity contribution < 1.29 is 14.7 Å². The maximum atomic E-state index is 11.7. The van der Waals surface area contributed by atoms with Crippen molar-refractivity contribution in [3.05, 3.63) is 29.3 Å². The summed E-state index contributed by atoms with van der Waals surface area (Å²) < 4.78 is 0. The molecule has 1 saturated heterocycles. The minimum atomic E-state index is -1.01. The molecule has 0 radical (unpaired) electrons. The molecule has 2 aliphatic heterocycles. The number of amidine groups is 1. The van der Waals surface area contributed by atoms with E-state index in [9.17, 15) is 9.59 Å². The lowest BCUT2D eigenvalue weighted by atomic mass is 9.98. The largest absolute Gasteiger partial charge is 0.481 e. The van der Waals surface area contributed by atoms with Gasteiger partial charge in [-0.1, -0.05) is 17.8 Å². The number of benzene rings is 1. The van der Waals surface area contributed by atoms with Crippen LogP contribution in [0.4, 0.5) is 5.69 Å². The number of thioether (sulfide) groups is 1. The Labute approximate surface area is 156 Å². The highest BCUT2D eigenvalue weighted by Gasteiger charge is 2.32. The number of carboxylic acids is 1. The molecule has 138 valence electrons. The molecule has 8 heteroatoms. The standard InChI is InChI=1S/C18H22N4O3S/c1-11(2)22-7-3-4-13-8-12(5-6-14(13)22)10-19-21-18-20-17(25)15(26-18)9-16(23)24/h5-6,8,10-11,15H,3-4,7,9H2,1-2H3,(H,23,24)(H,20,21,25). The minimum Gasteiger partial charge on any atom is -0.481 e. The van der Waals surface area contributed by atoms with Crippen LogP contribution in [0.2, 0.25) is 0 Å². The zero-order valence-electron chi connectivity index (χ0n) is 14.8. The van der Waals surface area contributed by atoms with Crippen LogP contribution < -0.4 is 10.2 Å². The zero-order chi connectivity index (χ0) is 18.7. The van der Waals surface area contributed by atoms with E-state index in [0.29, 0.717) is 11.2 Å². The molecule has 1 fully saturated rings. The molecule has 2 aliphatic rings. The molecule has 1 amide bonds. The molecule has 7 nitrogen and oxygen atoms in total. The SMILES string of the molecule is CC(C)N1CCCc2cc(C=NN=C3NC(=O)C(CC(=O)O)S3)ccc21. The Kier molecular flexibility index (Phi) is 5.61. The fraction of sp³-hybridized carbons (Fsp3) is 0.444. The third kappa shape index (κ3) is 4.24. The summed E-state index contributed by atoms with van der Waals surface area (Å²) in [5, 5.41) is 19.1. The van der Waals surface area contributed by atoms with Crippen LogP contribution in [0.3, 0.4) is 0 Å². The van der Waals surface area contributed by atoms with Gasteiger partial charge in [0.05, 0.1) is 12.6 Å². The van der Waals surface area contributed by atoms with E-state index in [1.54, 1.807) is 6.21 Å². The maximum absolute atomic E-state index is 11.7. The van der Waals surface area contributed by atoms with E-state index < -0.39 is 11.2 Å². The number of amides is 1. The Balaban J connectivity index is 1.68. The summed E-state index contributed by atoms with van der Waals surface area (Å²) in [6.45, 7) is 5.48. The second-order valence-electron chi connectivity index (χ2n) is 6.62. The highest BCUT2D eigenvalue weighted by atomic mass is 32.2. The third-order valence-corrected chi connectivity index (χ3v) is 5.45. The first-order chi connectivity index (χ1) is 12.4. The molecule has 1 aromatic rings. The molecule has 0 aliphatic carbocycles. The predicted molar refractivity (Wildman–Crippen MR) is 104 cm³/mol. The summed E-state index contributed by atoms with van der Waals surface area (Å²) in [6.07, 6.45) is 3.62. The van der Waals surface area contributed by atoms with Gasteiger partial charge in [-0.15, -0.1) is 5.10 Å². The molecule has 2 heterocycles. The van der Waals surface area contributed by atoms with Crippen molar-refractivity contribution in [1.29, 1.82) is 0 Å². The Hall–Kier alpha value is -2.35. The van der Waals surface area contributed by atoms with Gasteiger partial charge in [0, 0.05) is 18.3 Å². The Morgan fingerprint density at radius 1 is 1.50 bits per heavy atom. The first-order valence-corrected chi connectivity index (χ1v) is 9.52.